The fraction of sp³-hybridized carbons (Fsp3) is 0.231. The fourth-order valence-electron chi connectivity index (χ4n) is 1.76. The molecule has 0 aliphatic heterocycles. The molecule has 2 aromatic rings. The van der Waals surface area contributed by atoms with E-state index in [1.54, 1.807) is 0 Å². The van der Waals surface area contributed by atoms with E-state index in [2.05, 4.69) is 0 Å². The van der Waals surface area contributed by atoms with Crippen LogP contribution in [0.5, 0.6) is 0 Å². The predicted octanol–water partition coefficient (Wildman–Crippen LogP) is 3.69. The Labute approximate surface area is 103 Å². The molecule has 0 amide bonds. The van der Waals surface area contributed by atoms with Crippen LogP contribution in [0.15, 0.2) is 22.9 Å². The Morgan fingerprint density at radius 2 is 1.71 bits per heavy atom. The molecular formula is C13H13F2NS. The second kappa shape index (κ2) is 4.55. The number of hydrogen-bond donors (Lipinski definition) is 1. The van der Waals surface area contributed by atoms with Gasteiger partial charge in [0.1, 0.15) is 11.6 Å². The molecule has 0 saturated heterocycles. The molecule has 0 aliphatic carbocycles. The van der Waals surface area contributed by atoms with Crippen LogP contribution in [0.2, 0.25) is 0 Å². The number of halogens is 2. The summed E-state index contributed by atoms with van der Waals surface area (Å²) in [5.74, 6) is -0.883. The Bertz CT molecular complexity index is 548. The largest absolute Gasteiger partial charge is 0.320 e. The summed E-state index contributed by atoms with van der Waals surface area (Å²) in [6.07, 6.45) is 0. The minimum atomic E-state index is -0.614. The van der Waals surface area contributed by atoms with E-state index in [0.29, 0.717) is 5.56 Å². The minimum absolute atomic E-state index is 0.203. The van der Waals surface area contributed by atoms with Gasteiger partial charge in [0.05, 0.1) is 6.04 Å². The number of thiophene rings is 1. The molecule has 2 N–H and O–H groups in total. The Morgan fingerprint density at radius 3 is 2.29 bits per heavy atom. The molecule has 0 saturated carbocycles. The van der Waals surface area contributed by atoms with Crippen molar-refractivity contribution >= 4 is 11.3 Å². The van der Waals surface area contributed by atoms with Gasteiger partial charge >= 0.3 is 0 Å². The maximum atomic E-state index is 13.8. The van der Waals surface area contributed by atoms with Gasteiger partial charge in [-0.2, -0.15) is 11.3 Å². The van der Waals surface area contributed by atoms with Gasteiger partial charge in [0.2, 0.25) is 0 Å². The summed E-state index contributed by atoms with van der Waals surface area (Å²) in [6.45, 7) is 3.44. The highest BCUT2D eigenvalue weighted by Crippen LogP contribution is 2.28. The van der Waals surface area contributed by atoms with E-state index in [0.717, 1.165) is 11.1 Å². The lowest BCUT2D eigenvalue weighted by atomic mass is 9.97. The van der Waals surface area contributed by atoms with Crippen molar-refractivity contribution in [3.05, 3.63) is 56.8 Å². The number of benzene rings is 1. The lowest BCUT2D eigenvalue weighted by Gasteiger charge is -2.14. The predicted molar refractivity (Wildman–Crippen MR) is 66.2 cm³/mol. The molecule has 0 aliphatic rings. The van der Waals surface area contributed by atoms with Crippen molar-refractivity contribution in [3.63, 3.8) is 0 Å². The summed E-state index contributed by atoms with van der Waals surface area (Å²) in [5.41, 5.74) is 8.32. The lowest BCUT2D eigenvalue weighted by molar-refractivity contribution is 0.570. The molecule has 0 radical (unpaired) electrons. The summed E-state index contributed by atoms with van der Waals surface area (Å²) < 4.78 is 27.2. The Morgan fingerprint density at radius 1 is 1.00 bits per heavy atom. The van der Waals surface area contributed by atoms with Gasteiger partial charge in [-0.25, -0.2) is 8.78 Å². The maximum Gasteiger partial charge on any atom is 0.128 e. The first-order valence-electron chi connectivity index (χ1n) is 5.24. The first-order chi connectivity index (χ1) is 8.00. The van der Waals surface area contributed by atoms with Gasteiger partial charge in [0, 0.05) is 5.56 Å². The van der Waals surface area contributed by atoms with Crippen LogP contribution in [0.1, 0.15) is 28.3 Å². The second-order valence-corrected chi connectivity index (χ2v) is 4.85. The molecule has 0 spiro atoms. The summed E-state index contributed by atoms with van der Waals surface area (Å²) in [4.78, 5) is 0. The zero-order valence-electron chi connectivity index (χ0n) is 9.63. The summed E-state index contributed by atoms with van der Waals surface area (Å²) in [6, 6.07) is 1.76. The molecule has 17 heavy (non-hydrogen) atoms. The molecule has 1 aromatic heterocycles. The molecule has 1 aromatic carbocycles. The highest BCUT2D eigenvalue weighted by atomic mass is 32.1. The third-order valence-corrected chi connectivity index (χ3v) is 3.72. The number of aryl methyl sites for hydroxylation is 2. The van der Waals surface area contributed by atoms with Gasteiger partial charge in [-0.05, 0) is 53.4 Å². The third-order valence-electron chi connectivity index (χ3n) is 2.84. The van der Waals surface area contributed by atoms with Gasteiger partial charge in [-0.3, -0.25) is 0 Å². The van der Waals surface area contributed by atoms with Crippen LogP contribution >= 0.6 is 11.3 Å². The first-order valence-corrected chi connectivity index (χ1v) is 6.18. The van der Waals surface area contributed by atoms with Crippen LogP contribution in [0.3, 0.4) is 0 Å². The van der Waals surface area contributed by atoms with Crippen LogP contribution in [0.4, 0.5) is 8.78 Å². The quantitative estimate of drug-likeness (QED) is 0.867. The molecule has 1 heterocycles. The first kappa shape index (κ1) is 12.2. The zero-order valence-corrected chi connectivity index (χ0v) is 10.4. The number of hydrogen-bond acceptors (Lipinski definition) is 2. The van der Waals surface area contributed by atoms with E-state index in [4.69, 9.17) is 5.73 Å². The van der Waals surface area contributed by atoms with Gasteiger partial charge in [0.15, 0.2) is 0 Å². The summed E-state index contributed by atoms with van der Waals surface area (Å²) >= 11 is 1.51. The van der Waals surface area contributed by atoms with Crippen LogP contribution in [0, 0.1) is 25.5 Å². The van der Waals surface area contributed by atoms with E-state index < -0.39 is 17.7 Å². The summed E-state index contributed by atoms with van der Waals surface area (Å²) in [7, 11) is 0. The Balaban J connectivity index is 2.48. The monoisotopic (exact) mass is 253 g/mol. The van der Waals surface area contributed by atoms with E-state index in [-0.39, 0.29) is 5.56 Å². The van der Waals surface area contributed by atoms with E-state index in [9.17, 15) is 8.78 Å². The maximum absolute atomic E-state index is 13.8. The van der Waals surface area contributed by atoms with Crippen LogP contribution in [0.25, 0.3) is 0 Å². The van der Waals surface area contributed by atoms with Crippen molar-refractivity contribution < 1.29 is 8.78 Å². The van der Waals surface area contributed by atoms with Crippen LogP contribution < -0.4 is 5.73 Å². The molecular weight excluding hydrogens is 240 g/mol. The molecule has 1 atom stereocenters. The second-order valence-electron chi connectivity index (χ2n) is 4.11. The van der Waals surface area contributed by atoms with Gasteiger partial charge < -0.3 is 5.73 Å². The Kier molecular flexibility index (Phi) is 3.26. The van der Waals surface area contributed by atoms with Crippen molar-refractivity contribution in [1.29, 1.82) is 0 Å². The standard InChI is InChI=1S/C13H13F2NS/c1-7-3-12(15)9(4-11(7)14)13(16)10-6-17-5-8(10)2/h3-6,13H,16H2,1-2H3. The van der Waals surface area contributed by atoms with Crippen molar-refractivity contribution in [2.45, 2.75) is 19.9 Å². The molecule has 1 unspecified atom stereocenters. The third kappa shape index (κ3) is 2.23. The molecule has 4 heteroatoms. The molecule has 1 nitrogen and oxygen atoms in total. The lowest BCUT2D eigenvalue weighted by Crippen LogP contribution is -2.14. The number of rotatable bonds is 2. The van der Waals surface area contributed by atoms with E-state index in [1.165, 1.54) is 30.4 Å². The van der Waals surface area contributed by atoms with E-state index in [1.807, 2.05) is 17.7 Å². The minimum Gasteiger partial charge on any atom is -0.320 e. The van der Waals surface area contributed by atoms with E-state index >= 15 is 0 Å². The topological polar surface area (TPSA) is 26.0 Å². The molecule has 0 fully saturated rings. The average Bonchev–Trinajstić information content (AvgIpc) is 2.69. The average molecular weight is 253 g/mol. The highest BCUT2D eigenvalue weighted by molar-refractivity contribution is 7.08. The van der Waals surface area contributed by atoms with Crippen molar-refractivity contribution in [2.24, 2.45) is 5.73 Å². The van der Waals surface area contributed by atoms with Crippen molar-refractivity contribution in [3.8, 4) is 0 Å². The highest BCUT2D eigenvalue weighted by Gasteiger charge is 2.17. The van der Waals surface area contributed by atoms with Gasteiger partial charge in [0.25, 0.3) is 0 Å². The van der Waals surface area contributed by atoms with Crippen molar-refractivity contribution in [2.75, 3.05) is 0 Å². The summed E-state index contributed by atoms with van der Waals surface area (Å²) in [5, 5.41) is 3.81. The van der Waals surface area contributed by atoms with Gasteiger partial charge in [-0.15, -0.1) is 0 Å². The molecule has 90 valence electrons. The zero-order chi connectivity index (χ0) is 12.6. The molecule has 2 rings (SSSR count). The smallest absolute Gasteiger partial charge is 0.128 e. The Hall–Kier alpha value is -1.26. The van der Waals surface area contributed by atoms with Crippen LogP contribution in [-0.2, 0) is 0 Å². The van der Waals surface area contributed by atoms with Crippen molar-refractivity contribution in [1.82, 2.24) is 0 Å². The normalized spacial score (nSPS) is 12.8. The molecule has 0 bridgehead atoms. The number of nitrogens with two attached hydrogens (primary N) is 1. The fourth-order valence-corrected chi connectivity index (χ4v) is 2.64. The van der Waals surface area contributed by atoms with Gasteiger partial charge in [-0.1, -0.05) is 0 Å². The van der Waals surface area contributed by atoms with Crippen LogP contribution in [-0.4, -0.2) is 0 Å². The SMILES string of the molecule is Cc1cc(F)c(C(N)c2cscc2C)cc1F.